The van der Waals surface area contributed by atoms with Crippen LogP contribution in [0.1, 0.15) is 28.3 Å². The molecule has 1 aliphatic rings. The molecule has 4 rings (SSSR count). The van der Waals surface area contributed by atoms with Gasteiger partial charge in [0.15, 0.2) is 0 Å². The minimum Gasteiger partial charge on any atom is -0.507 e. The number of rotatable bonds is 5. The normalized spacial score (nSPS) is 17.2. The fourth-order valence-corrected chi connectivity index (χ4v) is 4.26. The number of carbonyl (C=O) groups excluding carboxylic acids is 2. The molecule has 0 saturated carbocycles. The zero-order chi connectivity index (χ0) is 24.6. The highest BCUT2D eigenvalue weighted by molar-refractivity contribution is 6.51. The van der Waals surface area contributed by atoms with Gasteiger partial charge in [0.05, 0.1) is 18.7 Å². The van der Waals surface area contributed by atoms with Gasteiger partial charge in [-0.05, 0) is 67.4 Å². The van der Waals surface area contributed by atoms with E-state index >= 15 is 0 Å². The quantitative estimate of drug-likeness (QED) is 0.332. The van der Waals surface area contributed by atoms with Crippen LogP contribution in [-0.4, -0.2) is 38.0 Å². The van der Waals surface area contributed by atoms with E-state index in [9.17, 15) is 14.7 Å². The first-order valence-corrected chi connectivity index (χ1v) is 11.0. The molecule has 1 saturated heterocycles. The van der Waals surface area contributed by atoms with Crippen molar-refractivity contribution in [1.82, 2.24) is 0 Å². The van der Waals surface area contributed by atoms with E-state index in [-0.39, 0.29) is 11.3 Å². The number of benzene rings is 3. The molecule has 0 radical (unpaired) electrons. The van der Waals surface area contributed by atoms with Crippen molar-refractivity contribution in [2.45, 2.75) is 19.9 Å². The second-order valence-electron chi connectivity index (χ2n) is 8.68. The molecule has 1 unspecified atom stereocenters. The predicted molar refractivity (Wildman–Crippen MR) is 134 cm³/mol. The van der Waals surface area contributed by atoms with Gasteiger partial charge >= 0.3 is 0 Å². The minimum absolute atomic E-state index is 0.0627. The number of carbonyl (C=O) groups is 2. The van der Waals surface area contributed by atoms with Crippen LogP contribution in [0.25, 0.3) is 5.76 Å². The Kier molecular flexibility index (Phi) is 6.16. The lowest BCUT2D eigenvalue weighted by molar-refractivity contribution is -0.132. The molecule has 6 heteroatoms. The van der Waals surface area contributed by atoms with E-state index in [0.29, 0.717) is 17.0 Å². The second kappa shape index (κ2) is 9.06. The molecule has 3 aromatic carbocycles. The van der Waals surface area contributed by atoms with Gasteiger partial charge in [-0.15, -0.1) is 0 Å². The summed E-state index contributed by atoms with van der Waals surface area (Å²) in [5.74, 6) is -0.918. The number of aryl methyl sites for hydroxylation is 2. The fraction of sp³-hybridized carbons (Fsp3) is 0.214. The van der Waals surface area contributed by atoms with Crippen LogP contribution >= 0.6 is 0 Å². The third-order valence-corrected chi connectivity index (χ3v) is 6.15. The number of anilines is 2. The molecule has 1 atom stereocenters. The number of aliphatic hydroxyl groups excluding tert-OH is 1. The Morgan fingerprint density at radius 3 is 2.15 bits per heavy atom. The summed E-state index contributed by atoms with van der Waals surface area (Å²) in [5.41, 5.74) is 4.69. The number of methoxy groups -OCH3 is 1. The molecular formula is C28H28N2O4. The molecule has 1 fully saturated rings. The highest BCUT2D eigenvalue weighted by Crippen LogP contribution is 2.42. The number of Topliss-reactive ketones (excluding diaryl/α,β-unsaturated/α-hetero) is 1. The van der Waals surface area contributed by atoms with Crippen molar-refractivity contribution in [2.24, 2.45) is 0 Å². The van der Waals surface area contributed by atoms with Gasteiger partial charge in [-0.3, -0.25) is 14.5 Å². The van der Waals surface area contributed by atoms with E-state index in [2.05, 4.69) is 0 Å². The number of aliphatic hydroxyl groups is 1. The van der Waals surface area contributed by atoms with E-state index in [0.717, 1.165) is 22.4 Å². The van der Waals surface area contributed by atoms with Gasteiger partial charge in [-0.2, -0.15) is 0 Å². The summed E-state index contributed by atoms with van der Waals surface area (Å²) in [6, 6.07) is 19.5. The lowest BCUT2D eigenvalue weighted by Crippen LogP contribution is -2.29. The molecule has 0 aliphatic carbocycles. The van der Waals surface area contributed by atoms with E-state index in [1.165, 1.54) is 4.90 Å². The Labute approximate surface area is 199 Å². The summed E-state index contributed by atoms with van der Waals surface area (Å²) in [6.45, 7) is 3.82. The van der Waals surface area contributed by atoms with Crippen molar-refractivity contribution in [3.8, 4) is 5.75 Å². The van der Waals surface area contributed by atoms with Crippen molar-refractivity contribution in [3.05, 3.63) is 94.6 Å². The zero-order valence-corrected chi connectivity index (χ0v) is 20.0. The third kappa shape index (κ3) is 4.03. The smallest absolute Gasteiger partial charge is 0.300 e. The maximum atomic E-state index is 13.3. The van der Waals surface area contributed by atoms with Gasteiger partial charge in [-0.25, -0.2) is 0 Å². The maximum absolute atomic E-state index is 13.3. The standard InChI is InChI=1S/C28H28N2O4/c1-17-6-11-22(12-7-17)30-25(19-8-13-21(14-9-19)29(3)4)24(27(32)28(30)33)26(31)20-10-15-23(34-5)18(2)16-20/h6-16,25,31H,1-5H3/b26-24-. The molecule has 1 heterocycles. The first kappa shape index (κ1) is 23.1. The van der Waals surface area contributed by atoms with Crippen LogP contribution in [0.15, 0.2) is 72.3 Å². The Hall–Kier alpha value is -4.06. The van der Waals surface area contributed by atoms with E-state index < -0.39 is 17.7 Å². The van der Waals surface area contributed by atoms with Crippen LogP contribution < -0.4 is 14.5 Å². The SMILES string of the molecule is COc1ccc(/C(O)=C2/C(=O)C(=O)N(c3ccc(C)cc3)C2c2ccc(N(C)C)cc2)cc1C. The number of hydrogen-bond acceptors (Lipinski definition) is 5. The van der Waals surface area contributed by atoms with Crippen LogP contribution in [0.5, 0.6) is 5.75 Å². The topological polar surface area (TPSA) is 70.1 Å². The minimum atomic E-state index is -0.763. The molecule has 0 aromatic heterocycles. The van der Waals surface area contributed by atoms with Crippen LogP contribution in [-0.2, 0) is 9.59 Å². The van der Waals surface area contributed by atoms with E-state index in [1.807, 2.05) is 81.4 Å². The molecule has 1 aliphatic heterocycles. The van der Waals surface area contributed by atoms with Gasteiger partial charge < -0.3 is 14.7 Å². The number of ketones is 1. The van der Waals surface area contributed by atoms with Gasteiger partial charge in [0.1, 0.15) is 11.5 Å². The molecular weight excluding hydrogens is 428 g/mol. The lowest BCUT2D eigenvalue weighted by Gasteiger charge is -2.26. The molecule has 0 bridgehead atoms. The van der Waals surface area contributed by atoms with Gasteiger partial charge in [0.2, 0.25) is 0 Å². The van der Waals surface area contributed by atoms with Crippen molar-refractivity contribution in [2.75, 3.05) is 31.0 Å². The summed E-state index contributed by atoms with van der Waals surface area (Å²) in [4.78, 5) is 30.0. The second-order valence-corrected chi connectivity index (χ2v) is 8.68. The Morgan fingerprint density at radius 1 is 0.941 bits per heavy atom. The monoisotopic (exact) mass is 456 g/mol. The van der Waals surface area contributed by atoms with Crippen molar-refractivity contribution >= 4 is 28.8 Å². The molecule has 6 nitrogen and oxygen atoms in total. The first-order valence-electron chi connectivity index (χ1n) is 11.0. The van der Waals surface area contributed by atoms with Crippen LogP contribution in [0.3, 0.4) is 0 Å². The van der Waals surface area contributed by atoms with Gasteiger partial charge in [-0.1, -0.05) is 29.8 Å². The Balaban J connectivity index is 1.92. The molecule has 3 aromatic rings. The molecule has 1 N–H and O–H groups in total. The van der Waals surface area contributed by atoms with Gasteiger partial charge in [0, 0.05) is 31.0 Å². The fourth-order valence-electron chi connectivity index (χ4n) is 4.26. The van der Waals surface area contributed by atoms with Crippen molar-refractivity contribution < 1.29 is 19.4 Å². The average molecular weight is 457 g/mol. The van der Waals surface area contributed by atoms with E-state index in [1.54, 1.807) is 25.3 Å². The number of ether oxygens (including phenoxy) is 1. The summed E-state index contributed by atoms with van der Waals surface area (Å²) in [7, 11) is 5.46. The highest BCUT2D eigenvalue weighted by atomic mass is 16.5. The van der Waals surface area contributed by atoms with Crippen LogP contribution in [0, 0.1) is 13.8 Å². The number of amides is 1. The van der Waals surface area contributed by atoms with Gasteiger partial charge in [0.25, 0.3) is 11.7 Å². The number of hydrogen-bond donors (Lipinski definition) is 1. The maximum Gasteiger partial charge on any atom is 0.300 e. The zero-order valence-electron chi connectivity index (χ0n) is 20.0. The number of nitrogens with zero attached hydrogens (tertiary/aromatic N) is 2. The Bertz CT molecular complexity index is 1270. The highest BCUT2D eigenvalue weighted by Gasteiger charge is 2.47. The summed E-state index contributed by atoms with van der Waals surface area (Å²) >= 11 is 0. The molecule has 0 spiro atoms. The van der Waals surface area contributed by atoms with Crippen molar-refractivity contribution in [1.29, 1.82) is 0 Å². The largest absolute Gasteiger partial charge is 0.507 e. The Morgan fingerprint density at radius 2 is 1.59 bits per heavy atom. The summed E-state index contributed by atoms with van der Waals surface area (Å²) in [5, 5.41) is 11.3. The average Bonchev–Trinajstić information content (AvgIpc) is 3.09. The van der Waals surface area contributed by atoms with Crippen LogP contribution in [0.2, 0.25) is 0 Å². The summed E-state index contributed by atoms with van der Waals surface area (Å²) < 4.78 is 5.32. The predicted octanol–water partition coefficient (Wildman–Crippen LogP) is 5.00. The lowest BCUT2D eigenvalue weighted by atomic mass is 9.94. The van der Waals surface area contributed by atoms with Crippen LogP contribution in [0.4, 0.5) is 11.4 Å². The van der Waals surface area contributed by atoms with E-state index in [4.69, 9.17) is 4.74 Å². The third-order valence-electron chi connectivity index (χ3n) is 6.15. The molecule has 1 amide bonds. The van der Waals surface area contributed by atoms with Crippen molar-refractivity contribution in [3.63, 3.8) is 0 Å². The first-order chi connectivity index (χ1) is 16.2. The molecule has 174 valence electrons. The molecule has 34 heavy (non-hydrogen) atoms. The summed E-state index contributed by atoms with van der Waals surface area (Å²) in [6.07, 6.45) is 0.